The number of rotatable bonds is 7. The first-order valence-corrected chi connectivity index (χ1v) is 7.84. The molecule has 26 heavy (non-hydrogen) atoms. The molecule has 3 N–H and O–H groups in total. The van der Waals surface area contributed by atoms with Crippen LogP contribution in [0.3, 0.4) is 0 Å². The van der Waals surface area contributed by atoms with E-state index < -0.39 is 23.8 Å². The molecule has 7 nitrogen and oxygen atoms in total. The normalized spacial score (nSPS) is 11.0. The Bertz CT molecular complexity index is 843. The van der Waals surface area contributed by atoms with E-state index in [4.69, 9.17) is 5.26 Å². The van der Waals surface area contributed by atoms with Crippen molar-refractivity contribution in [3.63, 3.8) is 0 Å². The molecule has 0 fully saturated rings. The summed E-state index contributed by atoms with van der Waals surface area (Å²) in [6, 6.07) is 15.7. The van der Waals surface area contributed by atoms with Crippen LogP contribution in [0.2, 0.25) is 0 Å². The van der Waals surface area contributed by atoms with Gasteiger partial charge in [0, 0.05) is 12.0 Å². The summed E-state index contributed by atoms with van der Waals surface area (Å²) in [4.78, 5) is 35.3. The van der Waals surface area contributed by atoms with E-state index in [1.807, 2.05) is 6.07 Å². The average molecular weight is 351 g/mol. The van der Waals surface area contributed by atoms with Crippen LogP contribution in [-0.4, -0.2) is 35.5 Å². The van der Waals surface area contributed by atoms with Crippen molar-refractivity contribution in [2.24, 2.45) is 0 Å². The zero-order valence-corrected chi connectivity index (χ0v) is 13.8. The Kier molecular flexibility index (Phi) is 6.46. The number of benzene rings is 2. The highest BCUT2D eigenvalue weighted by Crippen LogP contribution is 2.10. The van der Waals surface area contributed by atoms with E-state index >= 15 is 0 Å². The number of nitrogens with one attached hydrogen (secondary N) is 2. The predicted molar refractivity (Wildman–Crippen MR) is 93.2 cm³/mol. The largest absolute Gasteiger partial charge is 0.480 e. The number of nitrogens with zero attached hydrogens (tertiary/aromatic N) is 1. The molecule has 7 heteroatoms. The second-order valence-electron chi connectivity index (χ2n) is 5.48. The number of hydrogen-bond donors (Lipinski definition) is 3. The average Bonchev–Trinajstić information content (AvgIpc) is 2.66. The topological polar surface area (TPSA) is 119 Å². The summed E-state index contributed by atoms with van der Waals surface area (Å²) in [7, 11) is 0. The third-order valence-electron chi connectivity index (χ3n) is 3.64. The molecular weight excluding hydrogens is 334 g/mol. The van der Waals surface area contributed by atoms with E-state index in [0.29, 0.717) is 16.7 Å². The van der Waals surface area contributed by atoms with Crippen molar-refractivity contribution in [2.45, 2.75) is 12.5 Å². The minimum atomic E-state index is -1.22. The predicted octanol–water partition coefficient (Wildman–Crippen LogP) is 1.10. The lowest BCUT2D eigenvalue weighted by Gasteiger charge is -2.15. The minimum absolute atomic E-state index is 0.0303. The third kappa shape index (κ3) is 5.18. The van der Waals surface area contributed by atoms with Gasteiger partial charge in [0.2, 0.25) is 5.91 Å². The van der Waals surface area contributed by atoms with Gasteiger partial charge in [0.05, 0.1) is 18.2 Å². The van der Waals surface area contributed by atoms with Gasteiger partial charge in [-0.15, -0.1) is 0 Å². The van der Waals surface area contributed by atoms with E-state index in [1.165, 1.54) is 0 Å². The lowest BCUT2D eigenvalue weighted by Crippen LogP contribution is -2.46. The smallest absolute Gasteiger partial charge is 0.326 e. The van der Waals surface area contributed by atoms with Gasteiger partial charge < -0.3 is 15.7 Å². The van der Waals surface area contributed by atoms with Gasteiger partial charge in [-0.3, -0.25) is 9.59 Å². The van der Waals surface area contributed by atoms with Crippen LogP contribution in [-0.2, 0) is 16.0 Å². The fourth-order valence-corrected chi connectivity index (χ4v) is 2.32. The standard InChI is InChI=1S/C19H17N3O4/c20-11-15-9-5-4-8-14(15)10-16(19(25)26)22-17(23)12-21-18(24)13-6-2-1-3-7-13/h1-9,16H,10,12H2,(H,21,24)(H,22,23)(H,25,26)/t16-/m0/s1. The Morgan fingerprint density at radius 1 is 1.04 bits per heavy atom. The highest BCUT2D eigenvalue weighted by atomic mass is 16.4. The summed E-state index contributed by atoms with van der Waals surface area (Å²) >= 11 is 0. The van der Waals surface area contributed by atoms with Crippen molar-refractivity contribution in [1.29, 1.82) is 5.26 Å². The Morgan fingerprint density at radius 2 is 1.69 bits per heavy atom. The molecular formula is C19H17N3O4. The van der Waals surface area contributed by atoms with Gasteiger partial charge in [0.15, 0.2) is 0 Å². The van der Waals surface area contributed by atoms with E-state index in [1.54, 1.807) is 54.6 Å². The maximum atomic E-state index is 12.0. The van der Waals surface area contributed by atoms with Crippen LogP contribution >= 0.6 is 0 Å². The molecule has 2 aromatic carbocycles. The van der Waals surface area contributed by atoms with Crippen LogP contribution in [0.1, 0.15) is 21.5 Å². The number of carboxylic acid groups (broad SMARTS) is 1. The van der Waals surface area contributed by atoms with Crippen LogP contribution < -0.4 is 10.6 Å². The molecule has 0 aliphatic heterocycles. The van der Waals surface area contributed by atoms with Gasteiger partial charge >= 0.3 is 5.97 Å². The molecule has 2 amide bonds. The number of aliphatic carboxylic acids is 1. The van der Waals surface area contributed by atoms with Crippen molar-refractivity contribution < 1.29 is 19.5 Å². The molecule has 0 bridgehead atoms. The van der Waals surface area contributed by atoms with E-state index in [0.717, 1.165) is 0 Å². The first-order valence-electron chi connectivity index (χ1n) is 7.84. The molecule has 0 unspecified atom stereocenters. The molecule has 2 aromatic rings. The molecule has 132 valence electrons. The van der Waals surface area contributed by atoms with Gasteiger partial charge in [-0.25, -0.2) is 4.79 Å². The number of amides is 2. The lowest BCUT2D eigenvalue weighted by atomic mass is 10.0. The summed E-state index contributed by atoms with van der Waals surface area (Å²) in [6.45, 7) is -0.350. The molecule has 0 heterocycles. The molecule has 0 aliphatic carbocycles. The summed E-state index contributed by atoms with van der Waals surface area (Å²) in [6.07, 6.45) is -0.0303. The van der Waals surface area contributed by atoms with Crippen molar-refractivity contribution in [1.82, 2.24) is 10.6 Å². The maximum Gasteiger partial charge on any atom is 0.326 e. The fourth-order valence-electron chi connectivity index (χ4n) is 2.32. The quantitative estimate of drug-likeness (QED) is 0.690. The van der Waals surface area contributed by atoms with E-state index in [9.17, 15) is 19.5 Å². The highest BCUT2D eigenvalue weighted by Gasteiger charge is 2.21. The maximum absolute atomic E-state index is 12.0. The molecule has 0 aliphatic rings. The van der Waals surface area contributed by atoms with E-state index in [-0.39, 0.29) is 13.0 Å². The summed E-state index contributed by atoms with van der Waals surface area (Å²) in [5.74, 6) is -2.28. The van der Waals surface area contributed by atoms with Crippen molar-refractivity contribution in [2.75, 3.05) is 6.54 Å². The molecule has 0 aromatic heterocycles. The molecule has 1 atom stereocenters. The first kappa shape index (κ1) is 18.7. The summed E-state index contributed by atoms with van der Waals surface area (Å²) in [5, 5.41) is 23.2. The van der Waals surface area contributed by atoms with Crippen molar-refractivity contribution in [3.8, 4) is 6.07 Å². The molecule has 0 spiro atoms. The van der Waals surface area contributed by atoms with Crippen LogP contribution in [0, 0.1) is 11.3 Å². The van der Waals surface area contributed by atoms with Gasteiger partial charge in [0.1, 0.15) is 6.04 Å². The minimum Gasteiger partial charge on any atom is -0.480 e. The summed E-state index contributed by atoms with van der Waals surface area (Å²) in [5.41, 5.74) is 1.28. The van der Waals surface area contributed by atoms with E-state index in [2.05, 4.69) is 10.6 Å². The first-order chi connectivity index (χ1) is 12.5. The van der Waals surface area contributed by atoms with Crippen LogP contribution in [0.4, 0.5) is 0 Å². The van der Waals surface area contributed by atoms with Gasteiger partial charge in [-0.1, -0.05) is 36.4 Å². The summed E-state index contributed by atoms with van der Waals surface area (Å²) < 4.78 is 0. The van der Waals surface area contributed by atoms with Crippen molar-refractivity contribution >= 4 is 17.8 Å². The zero-order chi connectivity index (χ0) is 18.9. The van der Waals surface area contributed by atoms with Crippen LogP contribution in [0.15, 0.2) is 54.6 Å². The second-order valence-corrected chi connectivity index (χ2v) is 5.48. The van der Waals surface area contributed by atoms with Crippen LogP contribution in [0.25, 0.3) is 0 Å². The fraction of sp³-hybridized carbons (Fsp3) is 0.158. The Hall–Kier alpha value is -3.66. The Balaban J connectivity index is 1.95. The SMILES string of the molecule is N#Cc1ccccc1C[C@H](NC(=O)CNC(=O)c1ccccc1)C(=O)O. The van der Waals surface area contributed by atoms with Crippen molar-refractivity contribution in [3.05, 3.63) is 71.3 Å². The highest BCUT2D eigenvalue weighted by molar-refractivity contribution is 5.96. The Labute approximate surface area is 150 Å². The number of carbonyl (C=O) groups is 3. The molecule has 0 saturated carbocycles. The number of carbonyl (C=O) groups excluding carboxylic acids is 2. The number of hydrogen-bond acceptors (Lipinski definition) is 4. The molecule has 0 radical (unpaired) electrons. The molecule has 2 rings (SSSR count). The lowest BCUT2D eigenvalue weighted by molar-refractivity contribution is -0.141. The van der Waals surface area contributed by atoms with Crippen LogP contribution in [0.5, 0.6) is 0 Å². The number of nitriles is 1. The third-order valence-corrected chi connectivity index (χ3v) is 3.64. The Morgan fingerprint density at radius 3 is 2.35 bits per heavy atom. The van der Waals surface area contributed by atoms with Gasteiger partial charge in [-0.05, 0) is 23.8 Å². The van der Waals surface area contributed by atoms with Gasteiger partial charge in [0.25, 0.3) is 5.91 Å². The monoisotopic (exact) mass is 351 g/mol. The molecule has 0 saturated heterocycles. The second kappa shape index (κ2) is 8.99. The zero-order valence-electron chi connectivity index (χ0n) is 13.8. The number of carboxylic acids is 1. The van der Waals surface area contributed by atoms with Gasteiger partial charge in [-0.2, -0.15) is 5.26 Å².